The van der Waals surface area contributed by atoms with Gasteiger partial charge in [0.05, 0.1) is 6.10 Å². The molecule has 3 fully saturated rings. The maximum Gasteiger partial charge on any atom is 0.0602 e. The topological polar surface area (TPSA) is 20.2 Å². The van der Waals surface area contributed by atoms with E-state index in [0.29, 0.717) is 5.92 Å². The molecule has 3 rings (SSSR count). The van der Waals surface area contributed by atoms with Gasteiger partial charge in [0, 0.05) is 5.41 Å². The minimum Gasteiger partial charge on any atom is -0.393 e. The summed E-state index contributed by atoms with van der Waals surface area (Å²) in [7, 11) is 0. The lowest BCUT2D eigenvalue weighted by atomic mass is 9.62. The second-order valence-corrected chi connectivity index (χ2v) is 6.96. The first-order valence-corrected chi connectivity index (χ1v) is 6.82. The zero-order valence-corrected chi connectivity index (χ0v) is 10.7. The number of hydrogen-bond acceptors (Lipinski definition) is 1. The van der Waals surface area contributed by atoms with E-state index in [-0.39, 0.29) is 11.5 Å². The smallest absolute Gasteiger partial charge is 0.0602 e. The van der Waals surface area contributed by atoms with Crippen LogP contribution in [0.1, 0.15) is 40.0 Å². The Morgan fingerprint density at radius 2 is 2.12 bits per heavy atom. The Kier molecular flexibility index (Phi) is 2.12. The summed E-state index contributed by atoms with van der Waals surface area (Å²) in [6, 6.07) is 0. The lowest BCUT2D eigenvalue weighted by Gasteiger charge is -2.45. The Bertz CT molecular complexity index is 332. The molecule has 0 spiro atoms. The highest BCUT2D eigenvalue weighted by Crippen LogP contribution is 2.73. The zero-order valence-electron chi connectivity index (χ0n) is 10.7. The standard InChI is InChI=1S/C15H24O/c1-8(2)12-10-7-15(4)11(16)6-5-9(3)14(15)13(10)12/h8,10-14,16H,3,5-7H2,1-2,4H3/t10?,11-,12+,13+,14-,15+/m1/s1. The van der Waals surface area contributed by atoms with E-state index in [2.05, 4.69) is 27.4 Å². The highest BCUT2D eigenvalue weighted by molar-refractivity contribution is 5.26. The third-order valence-electron chi connectivity index (χ3n) is 5.77. The summed E-state index contributed by atoms with van der Waals surface area (Å²) < 4.78 is 0. The van der Waals surface area contributed by atoms with Crippen molar-refractivity contribution in [3.8, 4) is 0 Å². The van der Waals surface area contributed by atoms with Gasteiger partial charge in [-0.25, -0.2) is 0 Å². The van der Waals surface area contributed by atoms with E-state index in [1.807, 2.05) is 0 Å². The molecule has 1 heteroatoms. The normalized spacial score (nSPS) is 55.1. The van der Waals surface area contributed by atoms with Crippen LogP contribution in [0.3, 0.4) is 0 Å². The van der Waals surface area contributed by atoms with Crippen molar-refractivity contribution in [2.24, 2.45) is 35.0 Å². The van der Waals surface area contributed by atoms with Gasteiger partial charge in [-0.15, -0.1) is 0 Å². The number of aliphatic hydroxyl groups is 1. The lowest BCUT2D eigenvalue weighted by Crippen LogP contribution is -2.43. The molecule has 16 heavy (non-hydrogen) atoms. The molecule has 0 heterocycles. The van der Waals surface area contributed by atoms with Crippen LogP contribution in [-0.4, -0.2) is 11.2 Å². The number of hydrogen-bond donors (Lipinski definition) is 1. The number of rotatable bonds is 1. The number of aliphatic hydroxyl groups excluding tert-OH is 1. The first-order valence-electron chi connectivity index (χ1n) is 6.82. The van der Waals surface area contributed by atoms with Crippen LogP contribution < -0.4 is 0 Å². The summed E-state index contributed by atoms with van der Waals surface area (Å²) in [5.74, 6) is 4.09. The van der Waals surface area contributed by atoms with E-state index in [0.717, 1.165) is 36.5 Å². The monoisotopic (exact) mass is 220 g/mol. The minimum absolute atomic E-state index is 0.0800. The van der Waals surface area contributed by atoms with Gasteiger partial charge in [0.2, 0.25) is 0 Å². The molecular weight excluding hydrogens is 196 g/mol. The van der Waals surface area contributed by atoms with Gasteiger partial charge < -0.3 is 5.11 Å². The second kappa shape index (κ2) is 3.13. The van der Waals surface area contributed by atoms with Crippen molar-refractivity contribution in [3.63, 3.8) is 0 Å². The zero-order chi connectivity index (χ0) is 11.7. The third kappa shape index (κ3) is 1.16. The minimum atomic E-state index is -0.0800. The Morgan fingerprint density at radius 3 is 2.75 bits per heavy atom. The Balaban J connectivity index is 1.89. The average molecular weight is 220 g/mol. The molecule has 3 aliphatic rings. The highest BCUT2D eigenvalue weighted by Gasteiger charge is 2.68. The van der Waals surface area contributed by atoms with Crippen LogP contribution in [0.15, 0.2) is 12.2 Å². The summed E-state index contributed by atoms with van der Waals surface area (Å²) in [5.41, 5.74) is 1.60. The van der Waals surface area contributed by atoms with Gasteiger partial charge in [-0.1, -0.05) is 32.9 Å². The van der Waals surface area contributed by atoms with Crippen molar-refractivity contribution in [2.75, 3.05) is 0 Å². The fourth-order valence-electron chi connectivity index (χ4n) is 5.07. The van der Waals surface area contributed by atoms with Crippen molar-refractivity contribution < 1.29 is 5.11 Å². The van der Waals surface area contributed by atoms with Crippen LogP contribution in [0.2, 0.25) is 0 Å². The van der Waals surface area contributed by atoms with Crippen LogP contribution in [0.5, 0.6) is 0 Å². The molecule has 3 saturated carbocycles. The van der Waals surface area contributed by atoms with E-state index >= 15 is 0 Å². The summed E-state index contributed by atoms with van der Waals surface area (Å²) in [6.07, 6.45) is 3.15. The molecule has 0 radical (unpaired) electrons. The largest absolute Gasteiger partial charge is 0.393 e. The SMILES string of the molecule is C=C1CC[C@@H](O)[C@]2(C)CC3[C@H](C(C)C)[C@H]3[C@@H]12. The van der Waals surface area contributed by atoms with E-state index in [4.69, 9.17) is 0 Å². The van der Waals surface area contributed by atoms with Crippen LogP contribution in [0.25, 0.3) is 0 Å². The van der Waals surface area contributed by atoms with Crippen molar-refractivity contribution >= 4 is 0 Å². The fraction of sp³-hybridized carbons (Fsp3) is 0.867. The molecule has 0 aromatic heterocycles. The van der Waals surface area contributed by atoms with Crippen LogP contribution in [0, 0.1) is 35.0 Å². The molecule has 0 aromatic rings. The highest BCUT2D eigenvalue weighted by atomic mass is 16.3. The van der Waals surface area contributed by atoms with E-state index in [1.165, 1.54) is 12.0 Å². The maximum atomic E-state index is 10.3. The van der Waals surface area contributed by atoms with Gasteiger partial charge in [0.25, 0.3) is 0 Å². The quantitative estimate of drug-likeness (QED) is 0.673. The molecule has 0 aliphatic heterocycles. The molecule has 0 aromatic carbocycles. The number of fused-ring (bicyclic) bond motifs is 3. The van der Waals surface area contributed by atoms with Gasteiger partial charge in [-0.05, 0) is 48.9 Å². The second-order valence-electron chi connectivity index (χ2n) is 6.96. The third-order valence-corrected chi connectivity index (χ3v) is 5.77. The van der Waals surface area contributed by atoms with Crippen molar-refractivity contribution in [3.05, 3.63) is 12.2 Å². The maximum absolute atomic E-state index is 10.3. The summed E-state index contributed by atoms with van der Waals surface area (Å²) in [4.78, 5) is 0. The summed E-state index contributed by atoms with van der Waals surface area (Å²) in [5, 5.41) is 10.3. The molecule has 0 bridgehead atoms. The molecule has 0 saturated heterocycles. The summed E-state index contributed by atoms with van der Waals surface area (Å²) >= 11 is 0. The number of allylic oxidation sites excluding steroid dienone is 1. The van der Waals surface area contributed by atoms with Crippen LogP contribution >= 0.6 is 0 Å². The molecule has 6 atom stereocenters. The van der Waals surface area contributed by atoms with Gasteiger partial charge in [0.15, 0.2) is 0 Å². The van der Waals surface area contributed by atoms with E-state index < -0.39 is 0 Å². The molecule has 1 nitrogen and oxygen atoms in total. The Morgan fingerprint density at radius 1 is 1.44 bits per heavy atom. The Labute approximate surface area is 98.9 Å². The predicted molar refractivity (Wildman–Crippen MR) is 65.9 cm³/mol. The van der Waals surface area contributed by atoms with Gasteiger partial charge >= 0.3 is 0 Å². The fourth-order valence-corrected chi connectivity index (χ4v) is 5.07. The van der Waals surface area contributed by atoms with Crippen LogP contribution in [0.4, 0.5) is 0 Å². The average Bonchev–Trinajstić information content (AvgIpc) is 2.78. The van der Waals surface area contributed by atoms with E-state index in [9.17, 15) is 5.11 Å². The lowest BCUT2D eigenvalue weighted by molar-refractivity contribution is -0.0212. The van der Waals surface area contributed by atoms with Gasteiger partial charge in [-0.2, -0.15) is 0 Å². The molecular formula is C15H24O. The molecule has 1 unspecified atom stereocenters. The van der Waals surface area contributed by atoms with Crippen LogP contribution in [-0.2, 0) is 0 Å². The Hall–Kier alpha value is -0.300. The first kappa shape index (κ1) is 10.8. The van der Waals surface area contributed by atoms with Gasteiger partial charge in [0.1, 0.15) is 0 Å². The van der Waals surface area contributed by atoms with Crippen molar-refractivity contribution in [2.45, 2.75) is 46.1 Å². The van der Waals surface area contributed by atoms with Gasteiger partial charge in [-0.3, -0.25) is 0 Å². The molecule has 1 N–H and O–H groups in total. The van der Waals surface area contributed by atoms with Crippen molar-refractivity contribution in [1.29, 1.82) is 0 Å². The molecule has 3 aliphatic carbocycles. The van der Waals surface area contributed by atoms with E-state index in [1.54, 1.807) is 0 Å². The first-order chi connectivity index (χ1) is 7.47. The molecule has 90 valence electrons. The van der Waals surface area contributed by atoms with Crippen molar-refractivity contribution in [1.82, 2.24) is 0 Å². The predicted octanol–water partition coefficient (Wildman–Crippen LogP) is 3.24. The molecule has 0 amide bonds. The summed E-state index contributed by atoms with van der Waals surface area (Å²) in [6.45, 7) is 11.3.